The Morgan fingerprint density at radius 3 is 2.33 bits per heavy atom. The maximum atomic E-state index is 2.47. The molecule has 0 N–H and O–H groups in total. The normalized spacial score (nSPS) is 12.3. The molecular formula is C16H23NSi. The summed E-state index contributed by atoms with van der Waals surface area (Å²) in [6, 6.07) is 15.3. The molecule has 18 heavy (non-hydrogen) atoms. The highest BCUT2D eigenvalue weighted by atomic mass is 28.3. The molecule has 0 saturated heterocycles. The van der Waals surface area contributed by atoms with Gasteiger partial charge in [0, 0.05) is 6.54 Å². The maximum absolute atomic E-state index is 2.47. The van der Waals surface area contributed by atoms with Crippen LogP contribution < -0.4 is 0 Å². The second-order valence-electron chi connectivity index (χ2n) is 6.37. The minimum atomic E-state index is -1.02. The summed E-state index contributed by atoms with van der Waals surface area (Å²) in [5.41, 5.74) is 1.44. The Bertz CT molecular complexity index is 523. The van der Waals surface area contributed by atoms with Crippen LogP contribution in [0.5, 0.6) is 0 Å². The van der Waals surface area contributed by atoms with Crippen LogP contribution in [0.2, 0.25) is 19.6 Å². The van der Waals surface area contributed by atoms with Gasteiger partial charge in [0.15, 0.2) is 0 Å². The molecule has 2 aromatic rings. The van der Waals surface area contributed by atoms with E-state index in [0.717, 1.165) is 6.54 Å². The van der Waals surface area contributed by atoms with E-state index >= 15 is 0 Å². The lowest BCUT2D eigenvalue weighted by Crippen LogP contribution is -2.37. The van der Waals surface area contributed by atoms with Crippen molar-refractivity contribution in [1.29, 1.82) is 0 Å². The number of rotatable bonds is 4. The lowest BCUT2D eigenvalue weighted by molar-refractivity contribution is 0.376. The Balaban J connectivity index is 2.21. The zero-order chi connectivity index (χ0) is 13.2. The first-order chi connectivity index (χ1) is 8.46. The molecule has 0 bridgehead atoms. The molecule has 0 unspecified atom stereocenters. The van der Waals surface area contributed by atoms with Gasteiger partial charge in [-0.1, -0.05) is 62.1 Å². The highest BCUT2D eigenvalue weighted by molar-refractivity contribution is 6.76. The van der Waals surface area contributed by atoms with Gasteiger partial charge in [0.1, 0.15) is 0 Å². The van der Waals surface area contributed by atoms with Crippen molar-refractivity contribution in [1.82, 2.24) is 4.90 Å². The summed E-state index contributed by atoms with van der Waals surface area (Å²) in [6.07, 6.45) is 1.25. The summed E-state index contributed by atoms with van der Waals surface area (Å²) in [5, 5.41) is 2.74. The minimum Gasteiger partial charge on any atom is -0.305 e. The van der Waals surface area contributed by atoms with Crippen LogP contribution in [-0.2, 0) is 6.54 Å². The predicted molar refractivity (Wildman–Crippen MR) is 83.6 cm³/mol. The fraction of sp³-hybridized carbons (Fsp3) is 0.375. The van der Waals surface area contributed by atoms with Gasteiger partial charge in [-0.3, -0.25) is 0 Å². The Morgan fingerprint density at radius 2 is 1.61 bits per heavy atom. The zero-order valence-corrected chi connectivity index (χ0v) is 12.9. The summed E-state index contributed by atoms with van der Waals surface area (Å²) in [7, 11) is 1.22. The number of fused-ring (bicyclic) bond motifs is 1. The third-order valence-electron chi connectivity index (χ3n) is 3.06. The van der Waals surface area contributed by atoms with Crippen molar-refractivity contribution in [2.45, 2.75) is 26.2 Å². The monoisotopic (exact) mass is 257 g/mol. The topological polar surface area (TPSA) is 3.24 Å². The quantitative estimate of drug-likeness (QED) is 0.744. The number of hydrogen-bond donors (Lipinski definition) is 0. The lowest BCUT2D eigenvalue weighted by Gasteiger charge is -2.25. The van der Waals surface area contributed by atoms with Crippen molar-refractivity contribution in [2.75, 3.05) is 13.2 Å². The zero-order valence-electron chi connectivity index (χ0n) is 11.9. The largest absolute Gasteiger partial charge is 0.305 e. The van der Waals surface area contributed by atoms with Crippen molar-refractivity contribution in [3.63, 3.8) is 0 Å². The summed E-state index contributed by atoms with van der Waals surface area (Å²) in [6.45, 7) is 8.32. The first kappa shape index (κ1) is 13.3. The molecule has 0 saturated carbocycles. The second-order valence-corrected chi connectivity index (χ2v) is 11.8. The van der Waals surface area contributed by atoms with E-state index in [-0.39, 0.29) is 0 Å². The lowest BCUT2D eigenvalue weighted by atomic mass is 10.0. The molecule has 0 aliphatic rings. The van der Waals surface area contributed by atoms with Gasteiger partial charge < -0.3 is 4.90 Å². The Morgan fingerprint density at radius 1 is 0.944 bits per heavy atom. The van der Waals surface area contributed by atoms with Crippen molar-refractivity contribution >= 4 is 18.8 Å². The van der Waals surface area contributed by atoms with Crippen molar-refractivity contribution < 1.29 is 0 Å². The molecule has 0 amide bonds. The molecule has 0 aromatic heterocycles. The molecule has 0 aliphatic heterocycles. The predicted octanol–water partition coefficient (Wildman–Crippen LogP) is 4.15. The smallest absolute Gasteiger partial charge is 0.0599 e. The Hall–Kier alpha value is -1.12. The van der Waals surface area contributed by atoms with E-state index in [9.17, 15) is 0 Å². The van der Waals surface area contributed by atoms with Crippen molar-refractivity contribution in [3.05, 3.63) is 48.0 Å². The van der Waals surface area contributed by atoms with Gasteiger partial charge in [-0.15, -0.1) is 0 Å². The van der Waals surface area contributed by atoms with Crippen LogP contribution in [0.15, 0.2) is 42.5 Å². The van der Waals surface area contributed by atoms with E-state index in [2.05, 4.69) is 74.1 Å². The standard InChI is InChI=1S/C16H23NSi/c1-17(13-18(2,3)4)12-15-10-7-9-14-8-5-6-11-16(14)15/h5-11H,12-13H2,1-4H3. The minimum absolute atomic E-state index is 1.02. The average Bonchev–Trinajstić information content (AvgIpc) is 2.27. The molecule has 2 heteroatoms. The maximum Gasteiger partial charge on any atom is 0.0599 e. The third-order valence-corrected chi connectivity index (χ3v) is 4.55. The van der Waals surface area contributed by atoms with E-state index in [4.69, 9.17) is 0 Å². The van der Waals surface area contributed by atoms with Gasteiger partial charge in [-0.2, -0.15) is 0 Å². The van der Waals surface area contributed by atoms with Gasteiger partial charge in [-0.25, -0.2) is 0 Å². The van der Waals surface area contributed by atoms with Crippen LogP contribution in [0, 0.1) is 0 Å². The van der Waals surface area contributed by atoms with E-state index in [1.807, 2.05) is 0 Å². The van der Waals surface area contributed by atoms with Gasteiger partial charge in [0.25, 0.3) is 0 Å². The van der Waals surface area contributed by atoms with E-state index in [1.54, 1.807) is 0 Å². The summed E-state index contributed by atoms with van der Waals surface area (Å²) < 4.78 is 0. The van der Waals surface area contributed by atoms with Gasteiger partial charge in [-0.05, 0) is 29.6 Å². The van der Waals surface area contributed by atoms with Crippen LogP contribution in [0.3, 0.4) is 0 Å². The highest BCUT2D eigenvalue weighted by Gasteiger charge is 2.16. The van der Waals surface area contributed by atoms with Gasteiger partial charge in [0.2, 0.25) is 0 Å². The SMILES string of the molecule is CN(Cc1cccc2ccccc12)C[Si](C)(C)C. The number of nitrogens with zero attached hydrogens (tertiary/aromatic N) is 1. The van der Waals surface area contributed by atoms with Crippen LogP contribution in [0.1, 0.15) is 5.56 Å². The average molecular weight is 257 g/mol. The van der Waals surface area contributed by atoms with Crippen molar-refractivity contribution in [2.24, 2.45) is 0 Å². The van der Waals surface area contributed by atoms with E-state index in [0.29, 0.717) is 0 Å². The summed E-state index contributed by atoms with van der Waals surface area (Å²) >= 11 is 0. The first-order valence-electron chi connectivity index (χ1n) is 6.61. The molecular weight excluding hydrogens is 234 g/mol. The molecule has 0 spiro atoms. The molecule has 0 aliphatic carbocycles. The van der Waals surface area contributed by atoms with E-state index < -0.39 is 8.07 Å². The van der Waals surface area contributed by atoms with Crippen LogP contribution in [0.4, 0.5) is 0 Å². The molecule has 0 radical (unpaired) electrons. The summed E-state index contributed by atoms with van der Waals surface area (Å²) in [4.78, 5) is 2.47. The molecule has 0 heterocycles. The fourth-order valence-corrected chi connectivity index (χ4v) is 4.32. The van der Waals surface area contributed by atoms with E-state index in [1.165, 1.54) is 22.5 Å². The number of benzene rings is 2. The molecule has 2 aromatic carbocycles. The van der Waals surface area contributed by atoms with Crippen LogP contribution in [0.25, 0.3) is 10.8 Å². The summed E-state index contributed by atoms with van der Waals surface area (Å²) in [5.74, 6) is 0. The van der Waals surface area contributed by atoms with Crippen LogP contribution in [-0.4, -0.2) is 26.2 Å². The number of hydrogen-bond acceptors (Lipinski definition) is 1. The highest BCUT2D eigenvalue weighted by Crippen LogP contribution is 2.20. The first-order valence-corrected chi connectivity index (χ1v) is 10.3. The molecule has 1 nitrogen and oxygen atoms in total. The van der Waals surface area contributed by atoms with Crippen molar-refractivity contribution in [3.8, 4) is 0 Å². The Kier molecular flexibility index (Phi) is 3.88. The van der Waals surface area contributed by atoms with Gasteiger partial charge in [0.05, 0.1) is 8.07 Å². The third kappa shape index (κ3) is 3.44. The fourth-order valence-electron chi connectivity index (χ4n) is 2.59. The van der Waals surface area contributed by atoms with Gasteiger partial charge >= 0.3 is 0 Å². The van der Waals surface area contributed by atoms with Crippen LogP contribution >= 0.6 is 0 Å². The molecule has 96 valence electrons. The molecule has 2 rings (SSSR count). The Labute approximate surface area is 111 Å². The molecule has 0 fully saturated rings. The second kappa shape index (κ2) is 5.25. The molecule has 0 atom stereocenters.